The molecule has 4 nitrogen and oxygen atoms in total. The molecule has 0 aliphatic heterocycles. The highest BCUT2D eigenvalue weighted by Gasteiger charge is 2.52. The van der Waals surface area contributed by atoms with Crippen molar-refractivity contribution in [2.45, 2.75) is 32.9 Å². The van der Waals surface area contributed by atoms with Crippen molar-refractivity contribution in [1.82, 2.24) is 0 Å². The van der Waals surface area contributed by atoms with E-state index in [4.69, 9.17) is 9.05 Å². The predicted octanol–water partition coefficient (Wildman–Crippen LogP) is 3.76. The summed E-state index contributed by atoms with van der Waals surface area (Å²) in [5.41, 5.74) is 0.646. The Hall–Kier alpha value is -0.960. The average molecular weight is 284 g/mol. The number of hydrogen-bond acceptors (Lipinski definition) is 4. The minimum absolute atomic E-state index is 0.229. The summed E-state index contributed by atoms with van der Waals surface area (Å²) in [6.07, 6.45) is 0. The van der Waals surface area contributed by atoms with Crippen LogP contribution in [0.2, 0.25) is 0 Å². The molecule has 1 unspecified atom stereocenters. The minimum atomic E-state index is -3.57. The monoisotopic (exact) mass is 284 g/mol. The van der Waals surface area contributed by atoms with Crippen molar-refractivity contribution in [2.24, 2.45) is 0 Å². The second-order valence-corrected chi connectivity index (χ2v) is 6.73. The first kappa shape index (κ1) is 16.1. The first-order chi connectivity index (χ1) is 8.92. The Morgan fingerprint density at radius 1 is 1.16 bits per heavy atom. The fourth-order valence-electron chi connectivity index (χ4n) is 1.95. The summed E-state index contributed by atoms with van der Waals surface area (Å²) in [4.78, 5) is 12.1. The first-order valence-corrected chi connectivity index (χ1v) is 7.92. The van der Waals surface area contributed by atoms with Crippen LogP contribution in [-0.2, 0) is 23.6 Å². The van der Waals surface area contributed by atoms with Crippen LogP contribution in [0.15, 0.2) is 30.3 Å². The average Bonchev–Trinajstić information content (AvgIpc) is 2.39. The number of rotatable bonds is 7. The van der Waals surface area contributed by atoms with Crippen LogP contribution in [0.5, 0.6) is 0 Å². The van der Waals surface area contributed by atoms with E-state index in [0.29, 0.717) is 5.56 Å². The summed E-state index contributed by atoms with van der Waals surface area (Å²) in [5.74, 6) is -0.232. The summed E-state index contributed by atoms with van der Waals surface area (Å²) in [6, 6.07) is 8.99. The van der Waals surface area contributed by atoms with Gasteiger partial charge >= 0.3 is 7.60 Å². The fourth-order valence-corrected chi connectivity index (χ4v) is 4.07. The van der Waals surface area contributed by atoms with Crippen LogP contribution in [0.4, 0.5) is 0 Å². The summed E-state index contributed by atoms with van der Waals surface area (Å²) >= 11 is 0. The van der Waals surface area contributed by atoms with E-state index in [1.165, 1.54) is 6.92 Å². The third-order valence-corrected chi connectivity index (χ3v) is 6.03. The summed E-state index contributed by atoms with van der Waals surface area (Å²) in [7, 11) is -3.57. The molecule has 0 aromatic heterocycles. The van der Waals surface area contributed by atoms with E-state index in [-0.39, 0.29) is 19.0 Å². The Labute approximate surface area is 114 Å². The molecule has 0 fully saturated rings. The van der Waals surface area contributed by atoms with Crippen LogP contribution in [0.25, 0.3) is 0 Å². The van der Waals surface area contributed by atoms with Crippen LogP contribution in [0.3, 0.4) is 0 Å². The Morgan fingerprint density at radius 2 is 1.63 bits per heavy atom. The maximum Gasteiger partial charge on any atom is 0.348 e. The van der Waals surface area contributed by atoms with Crippen molar-refractivity contribution in [2.75, 3.05) is 13.2 Å². The van der Waals surface area contributed by atoms with Crippen LogP contribution in [-0.4, -0.2) is 19.0 Å². The van der Waals surface area contributed by atoms with Crippen LogP contribution < -0.4 is 0 Å². The molecule has 0 aliphatic rings. The maximum atomic E-state index is 13.0. The zero-order chi connectivity index (χ0) is 14.5. The maximum absolute atomic E-state index is 13.0. The van der Waals surface area contributed by atoms with Crippen LogP contribution >= 0.6 is 7.60 Å². The number of benzene rings is 1. The molecule has 19 heavy (non-hydrogen) atoms. The van der Waals surface area contributed by atoms with Crippen molar-refractivity contribution >= 4 is 13.4 Å². The second kappa shape index (κ2) is 6.47. The summed E-state index contributed by atoms with van der Waals surface area (Å²) < 4.78 is 23.7. The SMILES string of the molecule is CCOP(=O)(OCC)C(C)(C(C)=O)c1ccccc1. The molecule has 1 aromatic carbocycles. The Morgan fingerprint density at radius 3 is 2.00 bits per heavy atom. The van der Waals surface area contributed by atoms with Gasteiger partial charge in [0.15, 0.2) is 10.9 Å². The molecule has 1 rings (SSSR count). The lowest BCUT2D eigenvalue weighted by atomic mass is 9.96. The number of hydrogen-bond donors (Lipinski definition) is 0. The zero-order valence-corrected chi connectivity index (χ0v) is 12.8. The molecular formula is C14H21O4P. The molecule has 106 valence electrons. The van der Waals surface area contributed by atoms with Gasteiger partial charge in [-0.05, 0) is 33.3 Å². The molecule has 1 atom stereocenters. The topological polar surface area (TPSA) is 52.6 Å². The highest BCUT2D eigenvalue weighted by atomic mass is 31.2. The normalized spacial score (nSPS) is 14.9. The lowest BCUT2D eigenvalue weighted by Crippen LogP contribution is -2.32. The number of ketones is 1. The van der Waals surface area contributed by atoms with E-state index in [2.05, 4.69) is 0 Å². The molecule has 0 N–H and O–H groups in total. The predicted molar refractivity (Wildman–Crippen MR) is 75.3 cm³/mol. The second-order valence-electron chi connectivity index (χ2n) is 4.33. The smallest absolute Gasteiger partial charge is 0.308 e. The Balaban J connectivity index is 3.40. The number of carbonyl (C=O) groups is 1. The summed E-state index contributed by atoms with van der Waals surface area (Å²) in [6.45, 7) is 6.96. The Kier molecular flexibility index (Phi) is 5.48. The van der Waals surface area contributed by atoms with E-state index >= 15 is 0 Å². The van der Waals surface area contributed by atoms with Crippen LogP contribution in [0.1, 0.15) is 33.3 Å². The molecule has 0 saturated carbocycles. The van der Waals surface area contributed by atoms with Gasteiger partial charge in [-0.3, -0.25) is 9.36 Å². The van der Waals surface area contributed by atoms with Gasteiger partial charge in [-0.25, -0.2) is 0 Å². The molecule has 0 radical (unpaired) electrons. The third kappa shape index (κ3) is 2.97. The molecule has 1 aromatic rings. The van der Waals surface area contributed by atoms with Gasteiger partial charge in [0.25, 0.3) is 0 Å². The summed E-state index contributed by atoms with van der Waals surface area (Å²) in [5, 5.41) is -1.28. The van der Waals surface area contributed by atoms with Gasteiger partial charge in [-0.2, -0.15) is 0 Å². The molecule has 0 amide bonds. The zero-order valence-electron chi connectivity index (χ0n) is 11.9. The van der Waals surface area contributed by atoms with E-state index in [0.717, 1.165) is 0 Å². The Bertz CT molecular complexity index is 462. The van der Waals surface area contributed by atoms with Gasteiger partial charge in [-0.15, -0.1) is 0 Å². The van der Waals surface area contributed by atoms with E-state index in [1.54, 1.807) is 45.0 Å². The van der Waals surface area contributed by atoms with Gasteiger partial charge < -0.3 is 9.05 Å². The van der Waals surface area contributed by atoms with Crippen LogP contribution in [0, 0.1) is 0 Å². The molecule has 0 heterocycles. The van der Waals surface area contributed by atoms with Gasteiger partial charge in [0, 0.05) is 0 Å². The number of Topliss-reactive ketones (excluding diaryl/α,β-unsaturated/α-hetero) is 1. The molecule has 0 aliphatic carbocycles. The molecule has 5 heteroatoms. The van der Waals surface area contributed by atoms with Crippen molar-refractivity contribution in [3.8, 4) is 0 Å². The largest absolute Gasteiger partial charge is 0.348 e. The van der Waals surface area contributed by atoms with E-state index < -0.39 is 12.8 Å². The fraction of sp³-hybridized carbons (Fsp3) is 0.500. The lowest BCUT2D eigenvalue weighted by molar-refractivity contribution is -0.119. The van der Waals surface area contributed by atoms with E-state index in [9.17, 15) is 9.36 Å². The van der Waals surface area contributed by atoms with E-state index in [1.807, 2.05) is 6.07 Å². The van der Waals surface area contributed by atoms with Gasteiger partial charge in [0.2, 0.25) is 0 Å². The molecular weight excluding hydrogens is 263 g/mol. The molecule has 0 spiro atoms. The lowest BCUT2D eigenvalue weighted by Gasteiger charge is -2.34. The molecule has 0 saturated heterocycles. The van der Waals surface area contributed by atoms with Crippen molar-refractivity contribution in [3.05, 3.63) is 35.9 Å². The van der Waals surface area contributed by atoms with Crippen molar-refractivity contribution in [3.63, 3.8) is 0 Å². The molecule has 0 bridgehead atoms. The number of carbonyl (C=O) groups excluding carboxylic acids is 1. The van der Waals surface area contributed by atoms with Crippen molar-refractivity contribution in [1.29, 1.82) is 0 Å². The van der Waals surface area contributed by atoms with Gasteiger partial charge in [0.1, 0.15) is 0 Å². The van der Waals surface area contributed by atoms with Gasteiger partial charge in [-0.1, -0.05) is 30.3 Å². The highest BCUT2D eigenvalue weighted by molar-refractivity contribution is 7.56. The van der Waals surface area contributed by atoms with Crippen molar-refractivity contribution < 1.29 is 18.4 Å². The minimum Gasteiger partial charge on any atom is -0.308 e. The highest BCUT2D eigenvalue weighted by Crippen LogP contribution is 2.65. The van der Waals surface area contributed by atoms with Gasteiger partial charge in [0.05, 0.1) is 13.2 Å². The third-order valence-electron chi connectivity index (χ3n) is 3.17. The first-order valence-electron chi connectivity index (χ1n) is 6.38. The quantitative estimate of drug-likeness (QED) is 0.715. The standard InChI is InChI=1S/C14H21O4P/c1-5-17-19(16,18-6-2)14(4,12(3)15)13-10-8-7-9-11-13/h7-11H,5-6H2,1-4H3.